The lowest BCUT2D eigenvalue weighted by atomic mass is 9.85. The van der Waals surface area contributed by atoms with Crippen LogP contribution in [0.4, 0.5) is 18.0 Å². The predicted octanol–water partition coefficient (Wildman–Crippen LogP) is 3.00. The van der Waals surface area contributed by atoms with Crippen molar-refractivity contribution in [1.29, 1.82) is 0 Å². The lowest BCUT2D eigenvalue weighted by molar-refractivity contribution is -0.202. The van der Waals surface area contributed by atoms with Gasteiger partial charge in [0.25, 0.3) is 5.91 Å². The number of likely N-dealkylation sites (tertiary alicyclic amines) is 1. The zero-order chi connectivity index (χ0) is 36.7. The first-order valence-corrected chi connectivity index (χ1v) is 17.1. The molecule has 0 aromatic rings. The maximum atomic E-state index is 14.3. The van der Waals surface area contributed by atoms with Crippen LogP contribution in [0.1, 0.15) is 80.1 Å². The molecule has 1 aliphatic heterocycles. The number of piperidine rings is 1. The second kappa shape index (κ2) is 13.9. The summed E-state index contributed by atoms with van der Waals surface area (Å²) in [5.74, 6) is -4.39. The molecule has 1 heterocycles. The van der Waals surface area contributed by atoms with Crippen LogP contribution in [0.15, 0.2) is 12.7 Å². The summed E-state index contributed by atoms with van der Waals surface area (Å²) in [5, 5.41) is 9.80. The molecule has 1 saturated heterocycles. The van der Waals surface area contributed by atoms with Crippen LogP contribution in [0.5, 0.6) is 0 Å². The van der Waals surface area contributed by atoms with E-state index >= 15 is 0 Å². The number of rotatable bonds is 15. The van der Waals surface area contributed by atoms with Crippen molar-refractivity contribution >= 4 is 35.5 Å². The van der Waals surface area contributed by atoms with Crippen LogP contribution in [0.2, 0.25) is 0 Å². The highest BCUT2D eigenvalue weighted by atomic mass is 19.4. The molecule has 0 spiro atoms. The summed E-state index contributed by atoms with van der Waals surface area (Å²) in [6.07, 6.45) is -1.81. The molecular weight excluding hydrogens is 647 g/mol. The van der Waals surface area contributed by atoms with Gasteiger partial charge in [0.1, 0.15) is 18.1 Å². The number of hydrogen-bond donors (Lipinski definition) is 4. The van der Waals surface area contributed by atoms with Gasteiger partial charge in [-0.15, -0.1) is 6.58 Å². The molecule has 3 saturated carbocycles. The Labute approximate surface area is 285 Å². The Hall–Kier alpha value is -3.65. The largest absolute Gasteiger partial charge is 0.464 e. The minimum absolute atomic E-state index is 0.0308. The van der Waals surface area contributed by atoms with Crippen LogP contribution >= 0.6 is 0 Å². The number of carbonyl (C=O) groups excluding carboxylic acids is 6. The van der Waals surface area contributed by atoms with Crippen LogP contribution in [0, 0.1) is 34.0 Å². The highest BCUT2D eigenvalue weighted by Crippen LogP contribution is 2.65. The summed E-state index contributed by atoms with van der Waals surface area (Å²) < 4.78 is 47.6. The summed E-state index contributed by atoms with van der Waals surface area (Å²) in [6, 6.07) is -6.64. The van der Waals surface area contributed by atoms with E-state index in [2.05, 4.69) is 27.8 Å². The zero-order valence-corrected chi connectivity index (χ0v) is 29.1. The molecular formula is C34H50F3N5O7. The lowest BCUT2D eigenvalue weighted by Crippen LogP contribution is -2.63. The van der Waals surface area contributed by atoms with Gasteiger partial charge in [0.15, 0.2) is 0 Å². The van der Waals surface area contributed by atoms with Crippen molar-refractivity contribution in [2.75, 3.05) is 19.7 Å². The molecule has 0 bridgehead atoms. The molecule has 4 aliphatic rings. The molecule has 4 rings (SSSR count). The van der Waals surface area contributed by atoms with Crippen molar-refractivity contribution < 1.29 is 46.7 Å². The first-order chi connectivity index (χ1) is 22.7. The Balaban J connectivity index is 1.53. The first-order valence-electron chi connectivity index (χ1n) is 17.1. The van der Waals surface area contributed by atoms with Gasteiger partial charge in [-0.25, -0.2) is 9.59 Å². The molecule has 0 aromatic carbocycles. The number of fused-ring (bicyclic) bond motifs is 1. The molecule has 274 valence electrons. The SMILES string of the molecule is C=CCNC(=O)C(=O)C(CCC)NC(=O)[C@@H]1[C@@H]2[C@H](CN1C(=O)[C@@H](NC(=O)N[C@H](C(=O)OCC1CC1)C1(C(F)(F)F)CC1)C(C)(C)C)C2(C)C. The number of carbonyl (C=O) groups is 6. The molecule has 49 heavy (non-hydrogen) atoms. The zero-order valence-electron chi connectivity index (χ0n) is 29.1. The highest BCUT2D eigenvalue weighted by molar-refractivity contribution is 6.38. The van der Waals surface area contributed by atoms with Crippen LogP contribution in [-0.2, 0) is 28.7 Å². The summed E-state index contributed by atoms with van der Waals surface area (Å²) in [6.45, 7) is 14.4. The van der Waals surface area contributed by atoms with E-state index in [-0.39, 0.29) is 62.1 Å². The molecule has 0 aromatic heterocycles. The number of amides is 5. The Bertz CT molecular complexity index is 1350. The van der Waals surface area contributed by atoms with E-state index in [1.165, 1.54) is 11.0 Å². The Morgan fingerprint density at radius 1 is 1.02 bits per heavy atom. The van der Waals surface area contributed by atoms with E-state index in [0.717, 1.165) is 12.8 Å². The average Bonchev–Trinajstić information content (AvgIpc) is 3.96. The Morgan fingerprint density at radius 2 is 1.65 bits per heavy atom. The van der Waals surface area contributed by atoms with Gasteiger partial charge in [-0.1, -0.05) is 54.0 Å². The second-order valence-electron chi connectivity index (χ2n) is 15.7. The third kappa shape index (κ3) is 8.06. The van der Waals surface area contributed by atoms with E-state index in [4.69, 9.17) is 4.74 Å². The number of hydrogen-bond acceptors (Lipinski definition) is 7. The number of ketones is 1. The lowest BCUT2D eigenvalue weighted by Gasteiger charge is -2.38. The normalized spacial score (nSPS) is 25.1. The molecule has 12 nitrogen and oxygen atoms in total. The minimum atomic E-state index is -4.78. The number of esters is 1. The van der Waals surface area contributed by atoms with Crippen molar-refractivity contribution in [3.63, 3.8) is 0 Å². The topological polar surface area (TPSA) is 163 Å². The minimum Gasteiger partial charge on any atom is -0.464 e. The van der Waals surface area contributed by atoms with Gasteiger partial charge in [0.2, 0.25) is 17.6 Å². The average molecular weight is 698 g/mol. The standard InChI is InChI=1S/C34H50F3N5O7/c1-8-10-20(23(43)27(45)38-15-9-2)39-26(44)22-21-19(32(21,6)7)16-42(22)28(46)24(31(3,4)5)40-30(48)41-25(29(47)49-17-18-11-12-18)33(13-14-33)34(35,36)37/h9,18-22,24-25H,2,8,10-17H2,1,3-7H3,(H,38,45)(H,39,44)(H2,40,41,48)/t19-,20?,21-,22-,24+,25+/m0/s1. The van der Waals surface area contributed by atoms with E-state index in [1.54, 1.807) is 27.7 Å². The number of nitrogens with zero attached hydrogens (tertiary/aromatic N) is 1. The fraction of sp³-hybridized carbons (Fsp3) is 0.765. The van der Waals surface area contributed by atoms with Crippen molar-refractivity contribution in [2.24, 2.45) is 34.0 Å². The number of Topliss-reactive ketones (excluding diaryl/α,β-unsaturated/α-hetero) is 1. The van der Waals surface area contributed by atoms with Gasteiger partial charge in [-0.2, -0.15) is 13.2 Å². The quantitative estimate of drug-likeness (QED) is 0.116. The molecule has 5 amide bonds. The third-order valence-corrected chi connectivity index (χ3v) is 10.6. The number of nitrogens with one attached hydrogen (secondary N) is 4. The van der Waals surface area contributed by atoms with E-state index < -0.39 is 76.7 Å². The number of ether oxygens (including phenoxy) is 1. The summed E-state index contributed by atoms with van der Waals surface area (Å²) in [4.78, 5) is 81.2. The fourth-order valence-corrected chi connectivity index (χ4v) is 7.02. The Morgan fingerprint density at radius 3 is 2.16 bits per heavy atom. The maximum Gasteiger partial charge on any atom is 0.397 e. The fourth-order valence-electron chi connectivity index (χ4n) is 7.02. The number of alkyl halides is 3. The van der Waals surface area contributed by atoms with Gasteiger partial charge in [0, 0.05) is 13.1 Å². The molecule has 6 atom stereocenters. The van der Waals surface area contributed by atoms with E-state index in [9.17, 15) is 41.9 Å². The smallest absolute Gasteiger partial charge is 0.397 e. The first kappa shape index (κ1) is 38.2. The van der Waals surface area contributed by atoms with Gasteiger partial charge in [-0.05, 0) is 60.7 Å². The number of urea groups is 1. The monoisotopic (exact) mass is 697 g/mol. The van der Waals surface area contributed by atoms with Gasteiger partial charge in [0.05, 0.1) is 18.1 Å². The van der Waals surface area contributed by atoms with E-state index in [1.807, 2.05) is 13.8 Å². The van der Waals surface area contributed by atoms with Gasteiger partial charge < -0.3 is 30.9 Å². The van der Waals surface area contributed by atoms with Crippen molar-refractivity contribution in [3.05, 3.63) is 12.7 Å². The van der Waals surface area contributed by atoms with Gasteiger partial charge >= 0.3 is 18.2 Å². The van der Waals surface area contributed by atoms with Crippen LogP contribution in [-0.4, -0.2) is 90.4 Å². The molecule has 0 radical (unpaired) electrons. The Kier molecular flexibility index (Phi) is 10.8. The molecule has 15 heteroatoms. The van der Waals surface area contributed by atoms with Crippen LogP contribution in [0.3, 0.4) is 0 Å². The molecule has 3 aliphatic carbocycles. The van der Waals surface area contributed by atoms with Crippen molar-refractivity contribution in [2.45, 2.75) is 110 Å². The maximum absolute atomic E-state index is 14.3. The van der Waals surface area contributed by atoms with Crippen LogP contribution < -0.4 is 21.3 Å². The second-order valence-corrected chi connectivity index (χ2v) is 15.7. The van der Waals surface area contributed by atoms with Crippen molar-refractivity contribution in [3.8, 4) is 0 Å². The van der Waals surface area contributed by atoms with Crippen LogP contribution in [0.25, 0.3) is 0 Å². The van der Waals surface area contributed by atoms with Crippen molar-refractivity contribution in [1.82, 2.24) is 26.2 Å². The predicted molar refractivity (Wildman–Crippen MR) is 171 cm³/mol. The summed E-state index contributed by atoms with van der Waals surface area (Å²) in [7, 11) is 0. The van der Waals surface area contributed by atoms with Gasteiger partial charge in [-0.3, -0.25) is 19.2 Å². The molecule has 4 fully saturated rings. The summed E-state index contributed by atoms with van der Waals surface area (Å²) >= 11 is 0. The molecule has 1 unspecified atom stereocenters. The highest BCUT2D eigenvalue weighted by Gasteiger charge is 2.71. The van der Waals surface area contributed by atoms with E-state index in [0.29, 0.717) is 6.42 Å². The number of halogens is 3. The summed E-state index contributed by atoms with van der Waals surface area (Å²) in [5.41, 5.74) is -3.76. The third-order valence-electron chi connectivity index (χ3n) is 10.6. The molecule has 4 N–H and O–H groups in total.